The van der Waals surface area contributed by atoms with Gasteiger partial charge in [0.25, 0.3) is 5.91 Å². The van der Waals surface area contributed by atoms with Crippen molar-refractivity contribution in [3.63, 3.8) is 0 Å². The molecule has 0 spiro atoms. The monoisotopic (exact) mass is 397 g/mol. The highest BCUT2D eigenvalue weighted by Crippen LogP contribution is 2.39. The predicted octanol–water partition coefficient (Wildman–Crippen LogP) is 4.12. The maximum atomic E-state index is 13.3. The number of carbonyl (C=O) groups is 1. The lowest BCUT2D eigenvalue weighted by atomic mass is 10.1. The zero-order chi connectivity index (χ0) is 19.7. The largest absolute Gasteiger partial charge is 0.497 e. The van der Waals surface area contributed by atoms with Crippen molar-refractivity contribution < 1.29 is 13.9 Å². The summed E-state index contributed by atoms with van der Waals surface area (Å²) in [5.74, 6) is 1.28. The van der Waals surface area contributed by atoms with Crippen LogP contribution in [-0.2, 0) is 7.05 Å². The summed E-state index contributed by atoms with van der Waals surface area (Å²) in [5, 5.41) is 4.38. The molecule has 1 fully saturated rings. The average Bonchev–Trinajstić information content (AvgIpc) is 3.35. The molecular formula is C21H20FN3O2S. The summed E-state index contributed by atoms with van der Waals surface area (Å²) in [4.78, 5) is 15.1. The Hall–Kier alpha value is -2.80. The van der Waals surface area contributed by atoms with Crippen LogP contribution in [0.4, 0.5) is 4.39 Å². The van der Waals surface area contributed by atoms with Gasteiger partial charge in [0.1, 0.15) is 22.6 Å². The number of ether oxygens (including phenoxy) is 1. The van der Waals surface area contributed by atoms with Gasteiger partial charge in [-0.1, -0.05) is 12.1 Å². The lowest BCUT2D eigenvalue weighted by Gasteiger charge is -2.24. The first-order valence-electron chi connectivity index (χ1n) is 8.93. The quantitative estimate of drug-likeness (QED) is 0.664. The lowest BCUT2D eigenvalue weighted by molar-refractivity contribution is 0.0749. The van der Waals surface area contributed by atoms with Crippen molar-refractivity contribution in [2.24, 2.45) is 7.05 Å². The fourth-order valence-electron chi connectivity index (χ4n) is 3.33. The summed E-state index contributed by atoms with van der Waals surface area (Å²) in [7, 11) is 3.39. The van der Waals surface area contributed by atoms with Gasteiger partial charge in [-0.15, -0.1) is 11.8 Å². The van der Waals surface area contributed by atoms with E-state index in [-0.39, 0.29) is 17.1 Å². The summed E-state index contributed by atoms with van der Waals surface area (Å²) in [6.45, 7) is 0.669. The van der Waals surface area contributed by atoms with Crippen LogP contribution >= 0.6 is 11.8 Å². The highest BCUT2D eigenvalue weighted by Gasteiger charge is 2.33. The molecule has 1 atom stereocenters. The Morgan fingerprint density at radius 1 is 1.21 bits per heavy atom. The number of thioether (sulfide) groups is 1. The first kappa shape index (κ1) is 18.6. The van der Waals surface area contributed by atoms with Gasteiger partial charge >= 0.3 is 0 Å². The smallest absolute Gasteiger partial charge is 0.273 e. The number of hydrogen-bond donors (Lipinski definition) is 0. The molecule has 1 aromatic heterocycles. The molecule has 2 aromatic carbocycles. The van der Waals surface area contributed by atoms with E-state index in [0.717, 1.165) is 22.6 Å². The van der Waals surface area contributed by atoms with E-state index >= 15 is 0 Å². The van der Waals surface area contributed by atoms with Crippen LogP contribution in [0, 0.1) is 5.82 Å². The van der Waals surface area contributed by atoms with Crippen LogP contribution in [-0.4, -0.2) is 40.0 Å². The molecule has 144 valence electrons. The van der Waals surface area contributed by atoms with E-state index in [1.54, 1.807) is 48.8 Å². The van der Waals surface area contributed by atoms with E-state index in [4.69, 9.17) is 4.74 Å². The maximum Gasteiger partial charge on any atom is 0.273 e. The van der Waals surface area contributed by atoms with Gasteiger partial charge in [0.05, 0.1) is 12.8 Å². The van der Waals surface area contributed by atoms with Gasteiger partial charge < -0.3 is 9.64 Å². The third-order valence-electron chi connectivity index (χ3n) is 4.77. The Kier molecular flexibility index (Phi) is 5.09. The molecule has 3 aromatic rings. The van der Waals surface area contributed by atoms with Gasteiger partial charge in [0.15, 0.2) is 0 Å². The molecule has 1 aliphatic rings. The fourth-order valence-corrected chi connectivity index (χ4v) is 4.57. The molecule has 0 saturated carbocycles. The number of halogens is 1. The van der Waals surface area contributed by atoms with Crippen molar-refractivity contribution in [3.8, 4) is 17.0 Å². The number of aromatic nitrogens is 2. The molecule has 0 aliphatic carbocycles. The minimum absolute atomic E-state index is 0.0632. The second-order valence-electron chi connectivity index (χ2n) is 6.54. The molecule has 1 saturated heterocycles. The van der Waals surface area contributed by atoms with Crippen LogP contribution in [0.15, 0.2) is 54.6 Å². The van der Waals surface area contributed by atoms with Crippen molar-refractivity contribution >= 4 is 17.7 Å². The zero-order valence-electron chi connectivity index (χ0n) is 15.6. The number of carbonyl (C=O) groups excluding carboxylic acids is 1. The van der Waals surface area contributed by atoms with Crippen molar-refractivity contribution in [1.82, 2.24) is 14.7 Å². The van der Waals surface area contributed by atoms with Gasteiger partial charge in [-0.2, -0.15) is 5.10 Å². The Bertz CT molecular complexity index is 1000. The van der Waals surface area contributed by atoms with E-state index < -0.39 is 0 Å². The van der Waals surface area contributed by atoms with E-state index in [0.29, 0.717) is 17.9 Å². The van der Waals surface area contributed by atoms with E-state index in [2.05, 4.69) is 5.10 Å². The van der Waals surface area contributed by atoms with E-state index in [1.807, 2.05) is 29.2 Å². The average molecular weight is 397 g/mol. The van der Waals surface area contributed by atoms with Crippen LogP contribution in [0.2, 0.25) is 0 Å². The van der Waals surface area contributed by atoms with Crippen LogP contribution < -0.4 is 4.74 Å². The number of aryl methyl sites for hydroxylation is 1. The standard InChI is InChI=1S/C21H20FN3O2S/c1-24-19(13-18(23-24)14-6-8-16(22)9-7-14)20(26)25-10-11-28-21(25)15-4-3-5-17(12-15)27-2/h3-9,12-13,21H,10-11H2,1-2H3/t21-/m1/s1. The third kappa shape index (κ3) is 3.49. The second kappa shape index (κ2) is 7.67. The van der Waals surface area contributed by atoms with Crippen LogP contribution in [0.3, 0.4) is 0 Å². The highest BCUT2D eigenvalue weighted by atomic mass is 32.2. The summed E-state index contributed by atoms with van der Waals surface area (Å²) >= 11 is 1.73. The molecule has 1 amide bonds. The van der Waals surface area contributed by atoms with Gasteiger partial charge in [-0.3, -0.25) is 9.48 Å². The molecule has 0 radical (unpaired) electrons. The number of benzene rings is 2. The zero-order valence-corrected chi connectivity index (χ0v) is 16.4. The molecule has 0 unspecified atom stereocenters. The topological polar surface area (TPSA) is 47.4 Å². The molecule has 28 heavy (non-hydrogen) atoms. The number of rotatable bonds is 4. The summed E-state index contributed by atoms with van der Waals surface area (Å²) < 4.78 is 20.1. The molecule has 4 rings (SSSR count). The van der Waals surface area contributed by atoms with Crippen LogP contribution in [0.5, 0.6) is 5.75 Å². The predicted molar refractivity (Wildman–Crippen MR) is 108 cm³/mol. The van der Waals surface area contributed by atoms with Gasteiger partial charge in [0.2, 0.25) is 0 Å². The number of amides is 1. The van der Waals surface area contributed by atoms with Crippen molar-refractivity contribution in [1.29, 1.82) is 0 Å². The number of methoxy groups -OCH3 is 1. The maximum absolute atomic E-state index is 13.3. The molecule has 5 nitrogen and oxygen atoms in total. The first-order valence-corrected chi connectivity index (χ1v) is 9.98. The second-order valence-corrected chi connectivity index (χ2v) is 7.73. The Balaban J connectivity index is 1.62. The van der Waals surface area contributed by atoms with E-state index in [9.17, 15) is 9.18 Å². The molecule has 2 heterocycles. The lowest BCUT2D eigenvalue weighted by Crippen LogP contribution is -2.31. The summed E-state index contributed by atoms with van der Waals surface area (Å²) in [6.07, 6.45) is 0. The minimum Gasteiger partial charge on any atom is -0.497 e. The molecule has 7 heteroatoms. The Labute approximate surface area is 167 Å². The minimum atomic E-state index is -0.300. The van der Waals surface area contributed by atoms with Gasteiger partial charge in [0, 0.05) is 24.9 Å². The van der Waals surface area contributed by atoms with Gasteiger partial charge in [-0.05, 0) is 48.0 Å². The van der Waals surface area contributed by atoms with Crippen molar-refractivity contribution in [2.75, 3.05) is 19.4 Å². The Morgan fingerprint density at radius 2 is 2.00 bits per heavy atom. The Morgan fingerprint density at radius 3 is 2.75 bits per heavy atom. The summed E-state index contributed by atoms with van der Waals surface area (Å²) in [5.41, 5.74) is 2.97. The summed E-state index contributed by atoms with van der Waals surface area (Å²) in [6, 6.07) is 15.7. The normalized spacial score (nSPS) is 16.4. The van der Waals surface area contributed by atoms with Crippen LogP contribution in [0.25, 0.3) is 11.3 Å². The molecular weight excluding hydrogens is 377 g/mol. The third-order valence-corrected chi connectivity index (χ3v) is 6.03. The molecule has 0 N–H and O–H groups in total. The number of nitrogens with zero attached hydrogens (tertiary/aromatic N) is 3. The first-order chi connectivity index (χ1) is 13.6. The number of hydrogen-bond acceptors (Lipinski definition) is 4. The van der Waals surface area contributed by atoms with Gasteiger partial charge in [-0.25, -0.2) is 4.39 Å². The molecule has 1 aliphatic heterocycles. The molecule has 0 bridgehead atoms. The van der Waals surface area contributed by atoms with Crippen molar-refractivity contribution in [2.45, 2.75) is 5.37 Å². The highest BCUT2D eigenvalue weighted by molar-refractivity contribution is 7.99. The van der Waals surface area contributed by atoms with Crippen molar-refractivity contribution in [3.05, 3.63) is 71.7 Å². The fraction of sp³-hybridized carbons (Fsp3) is 0.238. The SMILES string of the molecule is COc1cccc([C@H]2SCCN2C(=O)c2cc(-c3ccc(F)cc3)nn2C)c1. The van der Waals surface area contributed by atoms with E-state index in [1.165, 1.54) is 12.1 Å². The van der Waals surface area contributed by atoms with Crippen LogP contribution in [0.1, 0.15) is 21.4 Å².